The van der Waals surface area contributed by atoms with E-state index in [-0.39, 0.29) is 0 Å². The van der Waals surface area contributed by atoms with Crippen LogP contribution in [-0.2, 0) is 0 Å². The van der Waals surface area contributed by atoms with Crippen LogP contribution in [0.3, 0.4) is 0 Å². The van der Waals surface area contributed by atoms with Crippen molar-refractivity contribution >= 4 is 17.2 Å². The van der Waals surface area contributed by atoms with Gasteiger partial charge < -0.3 is 0 Å². The summed E-state index contributed by atoms with van der Waals surface area (Å²) in [5.74, 6) is 0. The number of hydrogen-bond acceptors (Lipinski definition) is 2. The highest BCUT2D eigenvalue weighted by molar-refractivity contribution is 6.31. The number of halogens is 1. The molecule has 0 bridgehead atoms. The Hall–Kier alpha value is -1.09. The largest absolute Gasteiger partial charge is 0.232 e. The molecule has 0 aliphatic heterocycles. The van der Waals surface area contributed by atoms with Crippen molar-refractivity contribution in [3.05, 3.63) is 28.2 Å². The summed E-state index contributed by atoms with van der Waals surface area (Å²) < 4.78 is 1.77. The van der Waals surface area contributed by atoms with Crippen molar-refractivity contribution in [1.82, 2.24) is 14.6 Å². The molecule has 0 aliphatic carbocycles. The lowest BCUT2D eigenvalue weighted by Gasteiger charge is -2.03. The van der Waals surface area contributed by atoms with E-state index in [2.05, 4.69) is 10.1 Å². The molecule has 0 radical (unpaired) electrons. The first kappa shape index (κ1) is 8.51. The summed E-state index contributed by atoms with van der Waals surface area (Å²) in [6, 6.07) is 1.94. The first-order chi connectivity index (χ1) is 6.09. The Labute approximate surface area is 81.4 Å². The first-order valence-corrected chi connectivity index (χ1v) is 4.46. The van der Waals surface area contributed by atoms with Gasteiger partial charge in [0, 0.05) is 6.07 Å². The van der Waals surface area contributed by atoms with Crippen molar-refractivity contribution in [1.29, 1.82) is 0 Å². The van der Waals surface area contributed by atoms with Crippen molar-refractivity contribution in [2.75, 3.05) is 0 Å². The third kappa shape index (κ3) is 1.20. The Kier molecular flexibility index (Phi) is 1.77. The maximum Gasteiger partial charge on any atom is 0.155 e. The SMILES string of the molecule is Cc1cc2nc(C)c(Cl)c(C)n2n1. The van der Waals surface area contributed by atoms with Crippen LogP contribution >= 0.6 is 11.6 Å². The van der Waals surface area contributed by atoms with Gasteiger partial charge in [0.15, 0.2) is 5.65 Å². The topological polar surface area (TPSA) is 30.2 Å². The number of fused-ring (bicyclic) bond motifs is 1. The van der Waals surface area contributed by atoms with Gasteiger partial charge in [-0.15, -0.1) is 0 Å². The van der Waals surface area contributed by atoms with E-state index < -0.39 is 0 Å². The quantitative estimate of drug-likeness (QED) is 0.646. The Morgan fingerprint density at radius 2 is 2.00 bits per heavy atom. The van der Waals surface area contributed by atoms with Gasteiger partial charge in [-0.2, -0.15) is 5.10 Å². The average Bonchev–Trinajstić information content (AvgIpc) is 2.42. The van der Waals surface area contributed by atoms with Gasteiger partial charge in [-0.05, 0) is 20.8 Å². The predicted octanol–water partition coefficient (Wildman–Crippen LogP) is 2.31. The van der Waals surface area contributed by atoms with Crippen molar-refractivity contribution in [2.45, 2.75) is 20.8 Å². The number of hydrogen-bond donors (Lipinski definition) is 0. The van der Waals surface area contributed by atoms with Gasteiger partial charge in [-0.25, -0.2) is 9.50 Å². The smallest absolute Gasteiger partial charge is 0.155 e. The second-order valence-electron chi connectivity index (χ2n) is 3.15. The van der Waals surface area contributed by atoms with E-state index in [0.29, 0.717) is 5.02 Å². The number of aryl methyl sites for hydroxylation is 3. The van der Waals surface area contributed by atoms with Gasteiger partial charge in [0.25, 0.3) is 0 Å². The molecule has 0 N–H and O–H groups in total. The molecule has 0 saturated heterocycles. The van der Waals surface area contributed by atoms with Crippen LogP contribution in [0.1, 0.15) is 17.1 Å². The fourth-order valence-corrected chi connectivity index (χ4v) is 1.51. The molecule has 3 nitrogen and oxygen atoms in total. The zero-order valence-corrected chi connectivity index (χ0v) is 8.55. The Balaban J connectivity index is 2.92. The molecule has 68 valence electrons. The normalized spacial score (nSPS) is 11.1. The Bertz CT molecular complexity index is 473. The van der Waals surface area contributed by atoms with Crippen molar-refractivity contribution in [2.24, 2.45) is 0 Å². The molecule has 2 aromatic rings. The van der Waals surface area contributed by atoms with Gasteiger partial charge in [-0.1, -0.05) is 11.6 Å². The average molecular weight is 196 g/mol. The Morgan fingerprint density at radius 3 is 2.69 bits per heavy atom. The molecular weight excluding hydrogens is 186 g/mol. The summed E-state index contributed by atoms with van der Waals surface area (Å²) in [5.41, 5.74) is 3.61. The van der Waals surface area contributed by atoms with Crippen LogP contribution in [0.5, 0.6) is 0 Å². The first-order valence-electron chi connectivity index (χ1n) is 4.08. The molecule has 4 heteroatoms. The van der Waals surface area contributed by atoms with Gasteiger partial charge >= 0.3 is 0 Å². The van der Waals surface area contributed by atoms with Crippen molar-refractivity contribution in [3.63, 3.8) is 0 Å². The van der Waals surface area contributed by atoms with Crippen LogP contribution in [0.4, 0.5) is 0 Å². The second kappa shape index (κ2) is 2.70. The summed E-state index contributed by atoms with van der Waals surface area (Å²) in [7, 11) is 0. The standard InChI is InChI=1S/C9H10ClN3/c1-5-4-8-11-6(2)9(10)7(3)13(8)12-5/h4H,1-3H3. The summed E-state index contributed by atoms with van der Waals surface area (Å²) in [6.45, 7) is 5.78. The minimum atomic E-state index is 0.690. The van der Waals surface area contributed by atoms with E-state index in [4.69, 9.17) is 11.6 Å². The molecule has 0 fully saturated rings. The van der Waals surface area contributed by atoms with Crippen LogP contribution in [-0.4, -0.2) is 14.6 Å². The zero-order chi connectivity index (χ0) is 9.59. The van der Waals surface area contributed by atoms with Gasteiger partial charge in [0.05, 0.1) is 22.1 Å². The highest BCUT2D eigenvalue weighted by atomic mass is 35.5. The lowest BCUT2D eigenvalue weighted by Crippen LogP contribution is -1.99. The summed E-state index contributed by atoms with van der Waals surface area (Å²) in [6.07, 6.45) is 0. The molecule has 0 saturated carbocycles. The van der Waals surface area contributed by atoms with Crippen molar-refractivity contribution < 1.29 is 0 Å². The lowest BCUT2D eigenvalue weighted by atomic mass is 10.3. The maximum absolute atomic E-state index is 6.04. The van der Waals surface area contributed by atoms with E-state index in [1.54, 1.807) is 4.52 Å². The van der Waals surface area contributed by atoms with Crippen LogP contribution in [0.15, 0.2) is 6.07 Å². The monoisotopic (exact) mass is 195 g/mol. The predicted molar refractivity (Wildman–Crippen MR) is 52.2 cm³/mol. The van der Waals surface area contributed by atoms with E-state index in [1.165, 1.54) is 0 Å². The number of aromatic nitrogens is 3. The summed E-state index contributed by atoms with van der Waals surface area (Å²) in [4.78, 5) is 4.33. The highest BCUT2D eigenvalue weighted by Crippen LogP contribution is 2.19. The van der Waals surface area contributed by atoms with Gasteiger partial charge in [0.2, 0.25) is 0 Å². The molecule has 13 heavy (non-hydrogen) atoms. The molecule has 0 spiro atoms. The molecular formula is C9H10ClN3. The molecule has 0 atom stereocenters. The molecule has 0 amide bonds. The molecule has 2 aromatic heterocycles. The van der Waals surface area contributed by atoms with E-state index in [1.807, 2.05) is 26.8 Å². The lowest BCUT2D eigenvalue weighted by molar-refractivity contribution is 0.870. The molecule has 0 aromatic carbocycles. The fraction of sp³-hybridized carbons (Fsp3) is 0.333. The maximum atomic E-state index is 6.04. The third-order valence-corrected chi connectivity index (χ3v) is 2.59. The Morgan fingerprint density at radius 1 is 1.31 bits per heavy atom. The highest BCUT2D eigenvalue weighted by Gasteiger charge is 2.08. The van der Waals surface area contributed by atoms with Crippen LogP contribution in [0.2, 0.25) is 5.02 Å². The molecule has 2 rings (SSSR count). The van der Waals surface area contributed by atoms with E-state index in [0.717, 1.165) is 22.7 Å². The minimum Gasteiger partial charge on any atom is -0.232 e. The number of nitrogens with zero attached hydrogens (tertiary/aromatic N) is 3. The summed E-state index contributed by atoms with van der Waals surface area (Å²) >= 11 is 6.04. The second-order valence-corrected chi connectivity index (χ2v) is 3.53. The van der Waals surface area contributed by atoms with E-state index >= 15 is 0 Å². The van der Waals surface area contributed by atoms with Gasteiger partial charge in [-0.3, -0.25) is 0 Å². The van der Waals surface area contributed by atoms with Crippen LogP contribution in [0, 0.1) is 20.8 Å². The van der Waals surface area contributed by atoms with E-state index in [9.17, 15) is 0 Å². The zero-order valence-electron chi connectivity index (χ0n) is 7.80. The molecule has 0 unspecified atom stereocenters. The van der Waals surface area contributed by atoms with Crippen LogP contribution < -0.4 is 0 Å². The molecule has 0 aliphatic rings. The third-order valence-electron chi connectivity index (χ3n) is 2.05. The fourth-order valence-electron chi connectivity index (χ4n) is 1.39. The molecule has 2 heterocycles. The van der Waals surface area contributed by atoms with Crippen LogP contribution in [0.25, 0.3) is 5.65 Å². The summed E-state index contributed by atoms with van der Waals surface area (Å²) in [5, 5.41) is 4.97. The number of rotatable bonds is 0. The minimum absolute atomic E-state index is 0.690. The van der Waals surface area contributed by atoms with Crippen molar-refractivity contribution in [3.8, 4) is 0 Å². The van der Waals surface area contributed by atoms with Gasteiger partial charge in [0.1, 0.15) is 0 Å².